The van der Waals surface area contributed by atoms with Crippen molar-refractivity contribution in [3.8, 4) is 11.5 Å². The first-order valence-corrected chi connectivity index (χ1v) is 11.3. The second kappa shape index (κ2) is 15.9. The van der Waals surface area contributed by atoms with Crippen molar-refractivity contribution in [2.75, 3.05) is 14.2 Å². The summed E-state index contributed by atoms with van der Waals surface area (Å²) < 4.78 is 19.3. The van der Waals surface area contributed by atoms with Crippen LogP contribution in [0.25, 0.3) is 0 Å². The second-order valence-corrected chi connectivity index (χ2v) is 7.49. The van der Waals surface area contributed by atoms with E-state index in [0.29, 0.717) is 33.8 Å². The van der Waals surface area contributed by atoms with Gasteiger partial charge in [0.25, 0.3) is 23.0 Å². The van der Waals surface area contributed by atoms with Crippen LogP contribution in [0.1, 0.15) is 41.4 Å². The average molecular weight is 557 g/mol. The Hall–Kier alpha value is -5.07. The lowest BCUT2D eigenvalue weighted by molar-refractivity contribution is 0.0846. The number of nitrogens with two attached hydrogens (primary N) is 1. The maximum Gasteiger partial charge on any atom is 0.272 e. The van der Waals surface area contributed by atoms with Crippen LogP contribution in [0.15, 0.2) is 94.6 Å². The summed E-state index contributed by atoms with van der Waals surface area (Å²) in [6.07, 6.45) is 5.36. The number of methoxy groups -OCH3 is 2. The quantitative estimate of drug-likeness (QED) is 0.120. The molecule has 3 amide bonds. The number of hydrazine groups is 2. The van der Waals surface area contributed by atoms with Gasteiger partial charge in [0, 0.05) is 11.1 Å². The molecule has 0 aliphatic rings. The van der Waals surface area contributed by atoms with E-state index in [0.717, 1.165) is 0 Å². The third-order valence-corrected chi connectivity index (χ3v) is 4.83. The zero-order valence-electron chi connectivity index (χ0n) is 20.8. The lowest BCUT2D eigenvalue weighted by Gasteiger charge is -2.07. The van der Waals surface area contributed by atoms with Gasteiger partial charge < -0.3 is 18.3 Å². The number of benzene rings is 2. The summed E-state index contributed by atoms with van der Waals surface area (Å²) in [6.45, 7) is 0. The van der Waals surface area contributed by atoms with Gasteiger partial charge in [0.1, 0.15) is 24.0 Å². The van der Waals surface area contributed by atoms with E-state index in [1.165, 1.54) is 44.3 Å². The lowest BCUT2D eigenvalue weighted by Crippen LogP contribution is -2.41. The van der Waals surface area contributed by atoms with Crippen molar-refractivity contribution in [3.05, 3.63) is 108 Å². The van der Waals surface area contributed by atoms with Gasteiger partial charge in [-0.25, -0.2) is 5.84 Å². The third kappa shape index (κ3) is 10.1. The van der Waals surface area contributed by atoms with Gasteiger partial charge in [0.2, 0.25) is 0 Å². The van der Waals surface area contributed by atoms with Crippen molar-refractivity contribution < 1.29 is 37.5 Å². The largest absolute Gasteiger partial charge is 0.497 e. The van der Waals surface area contributed by atoms with E-state index in [1.807, 2.05) is 5.43 Å². The average Bonchev–Trinajstić information content (AvgIpc) is 3.71. The summed E-state index contributed by atoms with van der Waals surface area (Å²) in [7, 11) is 3.05. The fourth-order valence-electron chi connectivity index (χ4n) is 2.64. The molecule has 204 valence electrons. The van der Waals surface area contributed by atoms with Crippen LogP contribution in [0.2, 0.25) is 0 Å². The number of hydrogen-bond acceptors (Lipinski definition) is 9. The Morgan fingerprint density at radius 1 is 0.692 bits per heavy atom. The highest BCUT2D eigenvalue weighted by molar-refractivity contribution is 6.67. The van der Waals surface area contributed by atoms with Gasteiger partial charge in [-0.3, -0.25) is 35.5 Å². The van der Waals surface area contributed by atoms with Gasteiger partial charge >= 0.3 is 0 Å². The number of ether oxygens (including phenoxy) is 2. The van der Waals surface area contributed by atoms with Crippen LogP contribution in [0, 0.1) is 0 Å². The minimum absolute atomic E-state index is 0.325. The van der Waals surface area contributed by atoms with Crippen LogP contribution in [0.4, 0.5) is 0 Å². The topological polar surface area (TPSA) is 175 Å². The highest BCUT2D eigenvalue weighted by Gasteiger charge is 2.10. The van der Waals surface area contributed by atoms with Gasteiger partial charge in [-0.1, -0.05) is 12.1 Å². The highest BCUT2D eigenvalue weighted by atomic mass is 35.5. The molecule has 4 rings (SSSR count). The number of amides is 3. The van der Waals surface area contributed by atoms with Gasteiger partial charge in [0.15, 0.2) is 0 Å². The number of nitrogen functional groups attached to an aromatic ring is 1. The minimum atomic E-state index is -0.487. The number of carbonyl (C=O) groups excluding carboxylic acids is 4. The lowest BCUT2D eigenvalue weighted by atomic mass is 10.2. The summed E-state index contributed by atoms with van der Waals surface area (Å²) in [5, 5.41) is -0.487. The molecular formula is C26H25ClN4O8. The maximum atomic E-state index is 11.8. The van der Waals surface area contributed by atoms with Crippen LogP contribution >= 0.6 is 11.6 Å². The molecule has 0 bridgehead atoms. The Morgan fingerprint density at radius 2 is 1.15 bits per heavy atom. The Bertz CT molecular complexity index is 1360. The molecule has 4 aromatic rings. The first-order valence-electron chi connectivity index (χ1n) is 10.9. The number of furan rings is 2. The Kier molecular flexibility index (Phi) is 12.3. The molecule has 0 atom stereocenters. The number of nitrogens with one attached hydrogen (secondary N) is 3. The van der Waals surface area contributed by atoms with E-state index >= 15 is 0 Å². The summed E-state index contributed by atoms with van der Waals surface area (Å²) in [5.41, 5.74) is 8.21. The minimum Gasteiger partial charge on any atom is -0.497 e. The summed E-state index contributed by atoms with van der Waals surface area (Å²) >= 11 is 5.05. The summed E-state index contributed by atoms with van der Waals surface area (Å²) in [6, 6.07) is 16.3. The monoisotopic (exact) mass is 556 g/mol. The fourth-order valence-corrected chi connectivity index (χ4v) is 2.75. The second-order valence-electron chi connectivity index (χ2n) is 7.14. The molecule has 2 aromatic heterocycles. The molecule has 0 saturated carbocycles. The molecule has 5 N–H and O–H groups in total. The van der Waals surface area contributed by atoms with E-state index in [4.69, 9.17) is 31.3 Å². The van der Waals surface area contributed by atoms with Crippen molar-refractivity contribution in [1.82, 2.24) is 16.3 Å². The van der Waals surface area contributed by atoms with Gasteiger partial charge in [-0.2, -0.15) is 0 Å². The van der Waals surface area contributed by atoms with Crippen molar-refractivity contribution >= 4 is 34.6 Å². The maximum absolute atomic E-state index is 11.8. The molecule has 0 unspecified atom stereocenters. The molecule has 2 heterocycles. The van der Waals surface area contributed by atoms with E-state index in [9.17, 15) is 19.2 Å². The fraction of sp³-hybridized carbons (Fsp3) is 0.0769. The van der Waals surface area contributed by atoms with E-state index in [1.54, 1.807) is 55.6 Å². The van der Waals surface area contributed by atoms with E-state index in [-0.39, 0.29) is 5.91 Å². The number of halogens is 1. The molecule has 39 heavy (non-hydrogen) atoms. The predicted octanol–water partition coefficient (Wildman–Crippen LogP) is 3.32. The summed E-state index contributed by atoms with van der Waals surface area (Å²) in [5.74, 6) is 4.94. The van der Waals surface area contributed by atoms with Crippen LogP contribution in [-0.4, -0.2) is 37.2 Å². The molecule has 0 aliphatic heterocycles. The van der Waals surface area contributed by atoms with Crippen LogP contribution in [0.5, 0.6) is 11.5 Å². The highest BCUT2D eigenvalue weighted by Crippen LogP contribution is 2.13. The van der Waals surface area contributed by atoms with Crippen molar-refractivity contribution in [2.24, 2.45) is 5.84 Å². The molecule has 2 aromatic carbocycles. The van der Waals surface area contributed by atoms with Crippen molar-refractivity contribution in [2.45, 2.75) is 0 Å². The summed E-state index contributed by atoms with van der Waals surface area (Å²) in [4.78, 5) is 44.5. The van der Waals surface area contributed by atoms with Crippen LogP contribution < -0.4 is 31.6 Å². The normalized spacial score (nSPS) is 9.44. The Morgan fingerprint density at radius 3 is 1.54 bits per heavy atom. The van der Waals surface area contributed by atoms with Crippen LogP contribution in [-0.2, 0) is 0 Å². The predicted molar refractivity (Wildman–Crippen MR) is 140 cm³/mol. The standard InChI is InChI=1S/C13H12N2O4.C8H10N2O2.C5H3ClO2/c1-18-11-4-2-3-9(7-11)12(16)14-15-13(17)10-5-6-19-8-10;1-12-7-4-2-3-6(5-7)8(11)10-9;6-5(7)4-1-2-8-3-4/h2-8H,1H3,(H,14,16)(H,15,17);2-5H,9H2,1H3,(H,10,11);1-3H. The molecule has 0 aliphatic carbocycles. The Labute approximate surface area is 227 Å². The molecule has 0 saturated heterocycles. The van der Waals surface area contributed by atoms with E-state index < -0.39 is 17.1 Å². The number of hydrogen-bond donors (Lipinski definition) is 4. The van der Waals surface area contributed by atoms with E-state index in [2.05, 4.69) is 15.3 Å². The number of carbonyl (C=O) groups is 4. The SMILES string of the molecule is COc1cccc(C(=O)NN)c1.COc1cccc(C(=O)NNC(=O)c2ccoc2)c1.O=C(Cl)c1ccoc1. The molecule has 0 fully saturated rings. The Balaban J connectivity index is 0.000000227. The van der Waals surface area contributed by atoms with Gasteiger partial charge in [-0.05, 0) is 60.1 Å². The molecule has 12 nitrogen and oxygen atoms in total. The smallest absolute Gasteiger partial charge is 0.272 e. The number of rotatable bonds is 6. The van der Waals surface area contributed by atoms with Crippen LogP contribution in [0.3, 0.4) is 0 Å². The molecule has 13 heteroatoms. The molecule has 0 spiro atoms. The molecule has 0 radical (unpaired) electrons. The zero-order valence-corrected chi connectivity index (χ0v) is 21.6. The third-order valence-electron chi connectivity index (χ3n) is 4.62. The first-order chi connectivity index (χ1) is 18.8. The zero-order chi connectivity index (χ0) is 28.6. The van der Waals surface area contributed by atoms with Crippen molar-refractivity contribution in [1.29, 1.82) is 0 Å². The molecular weight excluding hydrogens is 532 g/mol. The van der Waals surface area contributed by atoms with Gasteiger partial charge in [-0.15, -0.1) is 0 Å². The first kappa shape index (κ1) is 30.2. The van der Waals surface area contributed by atoms with Gasteiger partial charge in [0.05, 0.1) is 37.9 Å². The van der Waals surface area contributed by atoms with Crippen molar-refractivity contribution in [3.63, 3.8) is 0 Å².